The van der Waals surface area contributed by atoms with Crippen LogP contribution in [0.25, 0.3) is 11.1 Å². The molecule has 1 saturated heterocycles. The first-order valence-corrected chi connectivity index (χ1v) is 9.65. The molecule has 29 heavy (non-hydrogen) atoms. The number of ether oxygens (including phenoxy) is 1. The lowest BCUT2D eigenvalue weighted by atomic mass is 9.97. The van der Waals surface area contributed by atoms with Crippen LogP contribution in [0.1, 0.15) is 30.1 Å². The van der Waals surface area contributed by atoms with Gasteiger partial charge in [0, 0.05) is 13.1 Å². The number of benzene rings is 2. The van der Waals surface area contributed by atoms with E-state index in [1.807, 2.05) is 36.4 Å². The highest BCUT2D eigenvalue weighted by Crippen LogP contribution is 2.27. The summed E-state index contributed by atoms with van der Waals surface area (Å²) in [4.78, 5) is 37.8. The van der Waals surface area contributed by atoms with Gasteiger partial charge < -0.3 is 20.1 Å². The van der Waals surface area contributed by atoms with Crippen molar-refractivity contribution in [2.24, 2.45) is 5.92 Å². The molecular weight excluding hydrogens is 372 g/mol. The number of hydrogen-bond donors (Lipinski definition) is 2. The molecule has 1 heterocycles. The van der Waals surface area contributed by atoms with Gasteiger partial charge in [-0.05, 0) is 43.0 Å². The number of nitrogens with one attached hydrogen (secondary N) is 1. The number of carbonyl (C=O) groups excluding carboxylic acids is 2. The van der Waals surface area contributed by atoms with Crippen LogP contribution >= 0.6 is 0 Å². The molecule has 152 valence electrons. The normalized spacial score (nSPS) is 14.3. The second kappa shape index (κ2) is 9.23. The van der Waals surface area contributed by atoms with Crippen molar-refractivity contribution >= 4 is 23.7 Å². The summed E-state index contributed by atoms with van der Waals surface area (Å²) in [5.41, 5.74) is 2.44. The number of anilines is 1. The van der Waals surface area contributed by atoms with Crippen LogP contribution in [0.3, 0.4) is 0 Å². The molecular formula is C22H24N2O5. The molecule has 0 unspecified atom stereocenters. The monoisotopic (exact) mass is 396 g/mol. The van der Waals surface area contributed by atoms with E-state index >= 15 is 0 Å². The number of carboxylic acids is 1. The van der Waals surface area contributed by atoms with Crippen LogP contribution < -0.4 is 5.32 Å². The molecule has 0 aromatic heterocycles. The number of carbonyl (C=O) groups is 3. The van der Waals surface area contributed by atoms with E-state index in [1.54, 1.807) is 24.0 Å². The minimum absolute atomic E-state index is 0.227. The molecule has 7 nitrogen and oxygen atoms in total. The van der Waals surface area contributed by atoms with Crippen molar-refractivity contribution in [3.63, 3.8) is 0 Å². The standard InChI is InChI=1S/C22H24N2O5/c1-2-29-21(27)18-14-17(15-6-4-3-5-7-15)8-9-19(18)23-22(28)24-12-10-16(11-13-24)20(25)26/h3-9,14,16H,2,10-13H2,1H3,(H,23,28)(H,25,26). The Morgan fingerprint density at radius 1 is 1.07 bits per heavy atom. The lowest BCUT2D eigenvalue weighted by Gasteiger charge is -2.30. The maximum absolute atomic E-state index is 12.6. The number of urea groups is 1. The Morgan fingerprint density at radius 2 is 1.76 bits per heavy atom. The quantitative estimate of drug-likeness (QED) is 0.748. The largest absolute Gasteiger partial charge is 0.481 e. The van der Waals surface area contributed by atoms with Crippen LogP contribution in [0.4, 0.5) is 10.5 Å². The van der Waals surface area contributed by atoms with E-state index in [2.05, 4.69) is 5.32 Å². The molecule has 1 aliphatic rings. The average molecular weight is 396 g/mol. The zero-order valence-electron chi connectivity index (χ0n) is 16.3. The Bertz CT molecular complexity index is 889. The zero-order valence-corrected chi connectivity index (χ0v) is 16.3. The summed E-state index contributed by atoms with van der Waals surface area (Å²) in [7, 11) is 0. The third kappa shape index (κ3) is 4.93. The number of aliphatic carboxylic acids is 1. The Hall–Kier alpha value is -3.35. The smallest absolute Gasteiger partial charge is 0.340 e. The predicted molar refractivity (Wildman–Crippen MR) is 109 cm³/mol. The highest BCUT2D eigenvalue weighted by Gasteiger charge is 2.27. The molecule has 2 aromatic rings. The van der Waals surface area contributed by atoms with Gasteiger partial charge >= 0.3 is 18.0 Å². The van der Waals surface area contributed by atoms with Crippen molar-refractivity contribution in [2.75, 3.05) is 25.0 Å². The minimum Gasteiger partial charge on any atom is -0.481 e. The molecule has 1 fully saturated rings. The first-order chi connectivity index (χ1) is 14.0. The van der Waals surface area contributed by atoms with Gasteiger partial charge in [0.1, 0.15) is 0 Å². The number of amides is 2. The number of hydrogen-bond acceptors (Lipinski definition) is 4. The van der Waals surface area contributed by atoms with E-state index in [1.165, 1.54) is 0 Å². The molecule has 0 bridgehead atoms. The molecule has 0 saturated carbocycles. The fourth-order valence-corrected chi connectivity index (χ4v) is 3.36. The average Bonchev–Trinajstić information content (AvgIpc) is 2.74. The molecule has 0 atom stereocenters. The predicted octanol–water partition coefficient (Wildman–Crippen LogP) is 3.86. The number of piperidine rings is 1. The van der Waals surface area contributed by atoms with Crippen molar-refractivity contribution in [1.29, 1.82) is 0 Å². The van der Waals surface area contributed by atoms with Crippen LogP contribution in [-0.4, -0.2) is 47.7 Å². The lowest BCUT2D eigenvalue weighted by Crippen LogP contribution is -2.42. The van der Waals surface area contributed by atoms with Gasteiger partial charge in [0.25, 0.3) is 0 Å². The molecule has 0 spiro atoms. The maximum atomic E-state index is 12.6. The Morgan fingerprint density at radius 3 is 2.38 bits per heavy atom. The number of likely N-dealkylation sites (tertiary alicyclic amines) is 1. The number of carboxylic acid groups (broad SMARTS) is 1. The maximum Gasteiger partial charge on any atom is 0.340 e. The highest BCUT2D eigenvalue weighted by atomic mass is 16.5. The molecule has 2 aromatic carbocycles. The summed E-state index contributed by atoms with van der Waals surface area (Å²) in [6.45, 7) is 2.67. The topological polar surface area (TPSA) is 95.9 Å². The molecule has 3 rings (SSSR count). The van der Waals surface area contributed by atoms with Crippen LogP contribution in [0, 0.1) is 5.92 Å². The second-order valence-corrected chi connectivity index (χ2v) is 6.88. The Balaban J connectivity index is 1.80. The first kappa shape index (κ1) is 20.4. The van der Waals surface area contributed by atoms with E-state index in [0.717, 1.165) is 11.1 Å². The van der Waals surface area contributed by atoms with Gasteiger partial charge in [-0.3, -0.25) is 4.79 Å². The van der Waals surface area contributed by atoms with Crippen molar-refractivity contribution in [3.05, 3.63) is 54.1 Å². The van der Waals surface area contributed by atoms with Crippen molar-refractivity contribution in [1.82, 2.24) is 4.90 Å². The first-order valence-electron chi connectivity index (χ1n) is 9.65. The van der Waals surface area contributed by atoms with Crippen molar-refractivity contribution in [3.8, 4) is 11.1 Å². The van der Waals surface area contributed by atoms with E-state index < -0.39 is 17.9 Å². The Kier molecular flexibility index (Phi) is 6.49. The minimum atomic E-state index is -0.828. The number of nitrogens with zero attached hydrogens (tertiary/aromatic N) is 1. The second-order valence-electron chi connectivity index (χ2n) is 6.88. The van der Waals surface area contributed by atoms with Crippen molar-refractivity contribution < 1.29 is 24.2 Å². The van der Waals surface area contributed by atoms with Crippen LogP contribution in [0.5, 0.6) is 0 Å². The fourth-order valence-electron chi connectivity index (χ4n) is 3.36. The molecule has 0 aliphatic carbocycles. The van der Waals surface area contributed by atoms with Crippen molar-refractivity contribution in [2.45, 2.75) is 19.8 Å². The highest BCUT2D eigenvalue weighted by molar-refractivity contribution is 6.02. The fraction of sp³-hybridized carbons (Fsp3) is 0.318. The zero-order chi connectivity index (χ0) is 20.8. The third-order valence-corrected chi connectivity index (χ3v) is 5.00. The van der Waals surface area contributed by atoms with E-state index in [9.17, 15) is 14.4 Å². The third-order valence-electron chi connectivity index (χ3n) is 5.00. The number of rotatable bonds is 5. The summed E-state index contributed by atoms with van der Waals surface area (Å²) in [6.07, 6.45) is 0.834. The van der Waals surface area contributed by atoms with Gasteiger partial charge in [-0.2, -0.15) is 0 Å². The summed E-state index contributed by atoms with van der Waals surface area (Å²) in [5, 5.41) is 11.9. The van der Waals surface area contributed by atoms with Crippen LogP contribution in [0.2, 0.25) is 0 Å². The van der Waals surface area contributed by atoms with Gasteiger partial charge in [0.05, 0.1) is 23.8 Å². The van der Waals surface area contributed by atoms with Crippen LogP contribution in [0.15, 0.2) is 48.5 Å². The van der Waals surface area contributed by atoms with Gasteiger partial charge in [-0.15, -0.1) is 0 Å². The molecule has 1 aliphatic heterocycles. The lowest BCUT2D eigenvalue weighted by molar-refractivity contribution is -0.143. The summed E-state index contributed by atoms with van der Waals surface area (Å²) in [5.74, 6) is -1.75. The van der Waals surface area contributed by atoms with Crippen LogP contribution in [-0.2, 0) is 9.53 Å². The van der Waals surface area contributed by atoms with E-state index in [0.29, 0.717) is 31.6 Å². The summed E-state index contributed by atoms with van der Waals surface area (Å²) < 4.78 is 5.16. The summed E-state index contributed by atoms with van der Waals surface area (Å²) in [6, 6.07) is 14.5. The SMILES string of the molecule is CCOC(=O)c1cc(-c2ccccc2)ccc1NC(=O)N1CCC(C(=O)O)CC1. The molecule has 2 N–H and O–H groups in total. The number of esters is 1. The molecule has 7 heteroatoms. The van der Waals surface area contributed by atoms with E-state index in [-0.39, 0.29) is 18.2 Å². The van der Waals surface area contributed by atoms with Gasteiger partial charge in [-0.1, -0.05) is 36.4 Å². The molecule has 2 amide bonds. The molecule has 0 radical (unpaired) electrons. The Labute approximate surface area is 169 Å². The summed E-state index contributed by atoms with van der Waals surface area (Å²) >= 11 is 0. The van der Waals surface area contributed by atoms with Gasteiger partial charge in [-0.25, -0.2) is 9.59 Å². The van der Waals surface area contributed by atoms with Gasteiger partial charge in [0.15, 0.2) is 0 Å². The van der Waals surface area contributed by atoms with Gasteiger partial charge in [0.2, 0.25) is 0 Å². The van der Waals surface area contributed by atoms with E-state index in [4.69, 9.17) is 9.84 Å².